The molecule has 1 aliphatic heterocycles. The Labute approximate surface area is 162 Å². The molecule has 1 saturated heterocycles. The van der Waals surface area contributed by atoms with Crippen molar-refractivity contribution in [1.29, 1.82) is 0 Å². The lowest BCUT2D eigenvalue weighted by Crippen LogP contribution is -2.40. The van der Waals surface area contributed by atoms with Crippen LogP contribution in [0.25, 0.3) is 0 Å². The Morgan fingerprint density at radius 3 is 2.42 bits per heavy atom. The fraction of sp³-hybridized carbons (Fsp3) is 0.350. The van der Waals surface area contributed by atoms with Crippen LogP contribution in [0.1, 0.15) is 23.5 Å². The number of nitrogens with zero attached hydrogens (tertiary/aromatic N) is 2. The third kappa shape index (κ3) is 4.97. The minimum absolute atomic E-state index is 0. The molecule has 0 radical (unpaired) electrons. The van der Waals surface area contributed by atoms with Crippen molar-refractivity contribution in [3.05, 3.63) is 71.8 Å². The fourth-order valence-corrected chi connectivity index (χ4v) is 3.25. The summed E-state index contributed by atoms with van der Waals surface area (Å²) in [4.78, 5) is 6.84. The predicted octanol–water partition coefficient (Wildman–Crippen LogP) is 3.91. The molecule has 2 aromatic rings. The molecule has 0 saturated carbocycles. The Bertz CT molecular complexity index is 628. The van der Waals surface area contributed by atoms with Gasteiger partial charge in [0.25, 0.3) is 0 Å². The summed E-state index contributed by atoms with van der Waals surface area (Å²) in [6.45, 7) is 3.04. The maximum Gasteiger partial charge on any atom is 0.193 e. The molecule has 24 heavy (non-hydrogen) atoms. The summed E-state index contributed by atoms with van der Waals surface area (Å²) in [6.07, 6.45) is 2.22. The zero-order chi connectivity index (χ0) is 15.9. The van der Waals surface area contributed by atoms with E-state index in [0.717, 1.165) is 32.0 Å². The van der Waals surface area contributed by atoms with Gasteiger partial charge in [0.05, 0.1) is 0 Å². The normalized spacial score (nSPS) is 17.5. The molecule has 3 rings (SSSR count). The van der Waals surface area contributed by atoms with E-state index < -0.39 is 0 Å². The van der Waals surface area contributed by atoms with Crippen LogP contribution in [0.5, 0.6) is 0 Å². The minimum Gasteiger partial charge on any atom is -0.356 e. The number of aliphatic imine (C=N–C) groups is 1. The lowest BCUT2D eigenvalue weighted by atomic mass is 9.99. The molecule has 4 heteroatoms. The molecule has 1 unspecified atom stereocenters. The molecule has 128 valence electrons. The third-order valence-corrected chi connectivity index (χ3v) is 4.51. The Balaban J connectivity index is 0.00000208. The smallest absolute Gasteiger partial charge is 0.193 e. The van der Waals surface area contributed by atoms with Crippen LogP contribution >= 0.6 is 24.0 Å². The lowest BCUT2D eigenvalue weighted by Gasteiger charge is -2.22. The summed E-state index contributed by atoms with van der Waals surface area (Å²) in [5, 5.41) is 3.51. The molecule has 0 spiro atoms. The maximum atomic E-state index is 4.46. The van der Waals surface area contributed by atoms with Crippen LogP contribution in [0, 0.1) is 0 Å². The van der Waals surface area contributed by atoms with Crippen LogP contribution in [-0.4, -0.2) is 37.5 Å². The Kier molecular flexibility index (Phi) is 7.56. The van der Waals surface area contributed by atoms with Crippen molar-refractivity contribution < 1.29 is 0 Å². The number of rotatable bonds is 4. The molecule has 3 nitrogen and oxygen atoms in total. The molecule has 1 N–H and O–H groups in total. The van der Waals surface area contributed by atoms with Crippen LogP contribution < -0.4 is 5.32 Å². The average molecular weight is 435 g/mol. The summed E-state index contributed by atoms with van der Waals surface area (Å²) in [6, 6.07) is 21.4. The molecule has 0 amide bonds. The molecule has 2 aromatic carbocycles. The van der Waals surface area contributed by atoms with E-state index in [1.807, 2.05) is 7.05 Å². The van der Waals surface area contributed by atoms with E-state index in [1.165, 1.54) is 17.5 Å². The van der Waals surface area contributed by atoms with Gasteiger partial charge < -0.3 is 10.2 Å². The number of nitrogens with one attached hydrogen (secondary N) is 1. The van der Waals surface area contributed by atoms with Gasteiger partial charge in [0.1, 0.15) is 0 Å². The van der Waals surface area contributed by atoms with Crippen molar-refractivity contribution in [2.45, 2.75) is 18.8 Å². The van der Waals surface area contributed by atoms with Gasteiger partial charge in [-0.25, -0.2) is 0 Å². The molecular weight excluding hydrogens is 409 g/mol. The van der Waals surface area contributed by atoms with Crippen LogP contribution in [0.2, 0.25) is 0 Å². The van der Waals surface area contributed by atoms with Crippen LogP contribution in [0.3, 0.4) is 0 Å². The molecule has 0 bridgehead atoms. The van der Waals surface area contributed by atoms with Gasteiger partial charge >= 0.3 is 0 Å². The fourth-order valence-electron chi connectivity index (χ4n) is 3.25. The Morgan fingerprint density at radius 1 is 1.08 bits per heavy atom. The average Bonchev–Trinajstić information content (AvgIpc) is 3.10. The Morgan fingerprint density at radius 2 is 1.75 bits per heavy atom. The lowest BCUT2D eigenvalue weighted by molar-refractivity contribution is 0.486. The largest absolute Gasteiger partial charge is 0.356 e. The second-order valence-electron chi connectivity index (χ2n) is 6.05. The number of halogens is 1. The number of guanidine groups is 1. The maximum absolute atomic E-state index is 4.46. The minimum atomic E-state index is 0. The van der Waals surface area contributed by atoms with Crippen molar-refractivity contribution >= 4 is 29.9 Å². The second-order valence-corrected chi connectivity index (χ2v) is 6.05. The van der Waals surface area contributed by atoms with Crippen molar-refractivity contribution in [2.75, 3.05) is 26.7 Å². The molecule has 1 atom stereocenters. The first-order valence-electron chi connectivity index (χ1n) is 8.41. The topological polar surface area (TPSA) is 27.6 Å². The van der Waals surface area contributed by atoms with Gasteiger partial charge in [-0.05, 0) is 24.0 Å². The predicted molar refractivity (Wildman–Crippen MR) is 112 cm³/mol. The van der Waals surface area contributed by atoms with Gasteiger partial charge in [-0.15, -0.1) is 24.0 Å². The molecule has 1 heterocycles. The molecular formula is C20H26IN3. The van der Waals surface area contributed by atoms with Gasteiger partial charge in [-0.3, -0.25) is 4.99 Å². The third-order valence-electron chi connectivity index (χ3n) is 4.51. The monoisotopic (exact) mass is 435 g/mol. The summed E-state index contributed by atoms with van der Waals surface area (Å²) >= 11 is 0. The SMILES string of the molecule is CN=C(NCCc1ccccc1)N1CCC(c2ccccc2)C1.I. The van der Waals surface area contributed by atoms with Gasteiger partial charge in [-0.2, -0.15) is 0 Å². The zero-order valence-corrected chi connectivity index (χ0v) is 16.5. The van der Waals surface area contributed by atoms with E-state index in [1.54, 1.807) is 0 Å². The van der Waals surface area contributed by atoms with Gasteiger partial charge in [0, 0.05) is 32.6 Å². The van der Waals surface area contributed by atoms with Gasteiger partial charge in [0.15, 0.2) is 5.96 Å². The highest BCUT2D eigenvalue weighted by Gasteiger charge is 2.25. The highest BCUT2D eigenvalue weighted by Crippen LogP contribution is 2.26. The standard InChI is InChI=1S/C20H25N3.HI/c1-21-20(22-14-12-17-8-4-2-5-9-17)23-15-13-19(16-23)18-10-6-3-7-11-18;/h2-11,19H,12-16H2,1H3,(H,21,22);1H. The number of hydrogen-bond donors (Lipinski definition) is 1. The first-order chi connectivity index (χ1) is 11.4. The van der Waals surface area contributed by atoms with Crippen LogP contribution in [0.15, 0.2) is 65.7 Å². The Hall–Kier alpha value is -1.56. The zero-order valence-electron chi connectivity index (χ0n) is 14.2. The van der Waals surface area contributed by atoms with Crippen LogP contribution in [-0.2, 0) is 6.42 Å². The summed E-state index contributed by atoms with van der Waals surface area (Å²) < 4.78 is 0. The van der Waals surface area contributed by atoms with Crippen molar-refractivity contribution in [2.24, 2.45) is 4.99 Å². The number of hydrogen-bond acceptors (Lipinski definition) is 1. The van der Waals surface area contributed by atoms with E-state index in [9.17, 15) is 0 Å². The van der Waals surface area contributed by atoms with E-state index in [-0.39, 0.29) is 24.0 Å². The van der Waals surface area contributed by atoms with E-state index in [0.29, 0.717) is 5.92 Å². The highest BCUT2D eigenvalue weighted by atomic mass is 127. The van der Waals surface area contributed by atoms with E-state index in [2.05, 4.69) is 75.9 Å². The summed E-state index contributed by atoms with van der Waals surface area (Å²) in [7, 11) is 1.88. The van der Waals surface area contributed by atoms with Crippen molar-refractivity contribution in [3.8, 4) is 0 Å². The molecule has 1 aliphatic rings. The summed E-state index contributed by atoms with van der Waals surface area (Å²) in [5.41, 5.74) is 2.80. The summed E-state index contributed by atoms with van der Waals surface area (Å²) in [5.74, 6) is 1.64. The van der Waals surface area contributed by atoms with Crippen molar-refractivity contribution in [1.82, 2.24) is 10.2 Å². The van der Waals surface area contributed by atoms with Crippen molar-refractivity contribution in [3.63, 3.8) is 0 Å². The number of benzene rings is 2. The quantitative estimate of drug-likeness (QED) is 0.448. The molecule has 0 aliphatic carbocycles. The number of likely N-dealkylation sites (tertiary alicyclic amines) is 1. The molecule has 0 aromatic heterocycles. The van der Waals surface area contributed by atoms with E-state index >= 15 is 0 Å². The highest BCUT2D eigenvalue weighted by molar-refractivity contribution is 14.0. The molecule has 1 fully saturated rings. The van der Waals surface area contributed by atoms with E-state index in [4.69, 9.17) is 0 Å². The first-order valence-corrected chi connectivity index (χ1v) is 8.41. The van der Waals surface area contributed by atoms with Crippen LogP contribution in [0.4, 0.5) is 0 Å². The first kappa shape index (κ1) is 18.8. The van der Waals surface area contributed by atoms with Gasteiger partial charge in [0.2, 0.25) is 0 Å². The van der Waals surface area contributed by atoms with Gasteiger partial charge in [-0.1, -0.05) is 60.7 Å². The second kappa shape index (κ2) is 9.67.